The van der Waals surface area contributed by atoms with Gasteiger partial charge in [0.2, 0.25) is 6.17 Å². The first-order chi connectivity index (χ1) is 18.5. The molecule has 0 aromatic heterocycles. The molecule has 0 aliphatic carbocycles. The van der Waals surface area contributed by atoms with E-state index < -0.39 is 23.8 Å². The number of anilines is 1. The highest BCUT2D eigenvalue weighted by atomic mass is 35.5. The molecule has 0 bridgehead atoms. The van der Waals surface area contributed by atoms with Crippen LogP contribution in [0.15, 0.2) is 65.7 Å². The number of halogens is 2. The molecule has 1 N–H and O–H groups in total. The lowest BCUT2D eigenvalue weighted by Crippen LogP contribution is -2.48. The average molecular weight is 570 g/mol. The number of amides is 2. The van der Waals surface area contributed by atoms with Gasteiger partial charge in [0.25, 0.3) is 5.91 Å². The number of methoxy groups -OCH3 is 2. The molecule has 3 aromatic rings. The highest BCUT2D eigenvalue weighted by Gasteiger charge is 2.35. The van der Waals surface area contributed by atoms with Gasteiger partial charge in [0.15, 0.2) is 0 Å². The minimum atomic E-state index is -1.32. The second kappa shape index (κ2) is 11.6. The molecule has 39 heavy (non-hydrogen) atoms. The SMILES string of the molecule is COc1ccc(CN2C(=O)C(NC(=O)OC(C)(C)C)N=C(c3c(Cl)cc(Cl)cc3OC)c3ccccc32)cc1. The van der Waals surface area contributed by atoms with Gasteiger partial charge in [-0.05, 0) is 56.7 Å². The first-order valence-electron chi connectivity index (χ1n) is 12.1. The topological polar surface area (TPSA) is 89.5 Å². The van der Waals surface area contributed by atoms with Crippen molar-refractivity contribution in [3.63, 3.8) is 0 Å². The summed E-state index contributed by atoms with van der Waals surface area (Å²) in [6, 6.07) is 17.9. The molecule has 1 heterocycles. The second-order valence-corrected chi connectivity index (χ2v) is 10.6. The molecule has 0 fully saturated rings. The number of ether oxygens (including phenoxy) is 3. The Balaban J connectivity index is 1.88. The Kier molecular flexibility index (Phi) is 8.37. The number of hydrogen-bond donors (Lipinski definition) is 1. The number of benzene rings is 3. The molecule has 1 atom stereocenters. The summed E-state index contributed by atoms with van der Waals surface area (Å²) in [7, 11) is 3.08. The van der Waals surface area contributed by atoms with Gasteiger partial charge in [-0.1, -0.05) is 53.5 Å². The first-order valence-corrected chi connectivity index (χ1v) is 12.9. The van der Waals surface area contributed by atoms with Crippen LogP contribution in [0.2, 0.25) is 10.0 Å². The summed E-state index contributed by atoms with van der Waals surface area (Å²) in [6.07, 6.45) is -2.11. The fraction of sp³-hybridized carbons (Fsp3) is 0.276. The number of aliphatic imine (C=N–C) groups is 1. The molecule has 0 radical (unpaired) electrons. The van der Waals surface area contributed by atoms with Crippen molar-refractivity contribution in [2.24, 2.45) is 4.99 Å². The molecular weight excluding hydrogens is 541 g/mol. The minimum Gasteiger partial charge on any atom is -0.497 e. The zero-order valence-electron chi connectivity index (χ0n) is 22.2. The van der Waals surface area contributed by atoms with E-state index in [0.29, 0.717) is 39.0 Å². The summed E-state index contributed by atoms with van der Waals surface area (Å²) in [6.45, 7) is 5.42. The van der Waals surface area contributed by atoms with Crippen LogP contribution in [0.5, 0.6) is 11.5 Å². The number of benzodiazepines with no additional fused rings is 1. The predicted molar refractivity (Wildman–Crippen MR) is 152 cm³/mol. The first kappa shape index (κ1) is 28.3. The molecule has 0 saturated carbocycles. The maximum absolute atomic E-state index is 14.0. The van der Waals surface area contributed by atoms with Crippen LogP contribution in [0.25, 0.3) is 0 Å². The monoisotopic (exact) mass is 569 g/mol. The molecule has 3 aromatic carbocycles. The van der Waals surface area contributed by atoms with Gasteiger partial charge in [0.05, 0.1) is 42.7 Å². The van der Waals surface area contributed by atoms with Gasteiger partial charge in [-0.15, -0.1) is 0 Å². The fourth-order valence-electron chi connectivity index (χ4n) is 4.16. The molecule has 2 amide bonds. The molecule has 0 spiro atoms. The van der Waals surface area contributed by atoms with E-state index in [9.17, 15) is 9.59 Å². The second-order valence-electron chi connectivity index (χ2n) is 9.78. The predicted octanol–water partition coefficient (Wildman–Crippen LogP) is 6.25. The van der Waals surface area contributed by atoms with Crippen LogP contribution >= 0.6 is 23.2 Å². The summed E-state index contributed by atoms with van der Waals surface area (Å²) in [5, 5.41) is 3.29. The van der Waals surface area contributed by atoms with Crippen molar-refractivity contribution in [3.05, 3.63) is 87.4 Å². The van der Waals surface area contributed by atoms with Crippen molar-refractivity contribution in [2.45, 2.75) is 39.1 Å². The third-order valence-corrected chi connectivity index (χ3v) is 6.35. The molecule has 4 rings (SSSR count). The van der Waals surface area contributed by atoms with E-state index in [-0.39, 0.29) is 11.6 Å². The highest BCUT2D eigenvalue weighted by molar-refractivity contribution is 6.39. The summed E-state index contributed by atoms with van der Waals surface area (Å²) >= 11 is 12.9. The fourth-order valence-corrected chi connectivity index (χ4v) is 4.72. The Hall–Kier alpha value is -3.75. The van der Waals surface area contributed by atoms with E-state index in [2.05, 4.69) is 5.32 Å². The minimum absolute atomic E-state index is 0.209. The molecule has 1 unspecified atom stereocenters. The van der Waals surface area contributed by atoms with Crippen LogP contribution < -0.4 is 19.7 Å². The van der Waals surface area contributed by atoms with Crippen molar-refractivity contribution < 1.29 is 23.8 Å². The van der Waals surface area contributed by atoms with Gasteiger partial charge in [0.1, 0.15) is 17.1 Å². The van der Waals surface area contributed by atoms with Crippen molar-refractivity contribution in [1.82, 2.24) is 5.32 Å². The lowest BCUT2D eigenvalue weighted by Gasteiger charge is -2.26. The normalized spacial score (nSPS) is 15.2. The van der Waals surface area contributed by atoms with Crippen LogP contribution in [0.1, 0.15) is 37.5 Å². The molecule has 0 saturated heterocycles. The number of nitrogens with zero attached hydrogens (tertiary/aromatic N) is 2. The molecule has 8 nitrogen and oxygen atoms in total. The smallest absolute Gasteiger partial charge is 0.409 e. The highest BCUT2D eigenvalue weighted by Crippen LogP contribution is 2.37. The van der Waals surface area contributed by atoms with E-state index in [0.717, 1.165) is 5.56 Å². The number of nitrogens with one attached hydrogen (secondary N) is 1. The van der Waals surface area contributed by atoms with E-state index in [1.807, 2.05) is 48.5 Å². The van der Waals surface area contributed by atoms with Crippen LogP contribution in [0.3, 0.4) is 0 Å². The van der Waals surface area contributed by atoms with Crippen molar-refractivity contribution in [2.75, 3.05) is 19.1 Å². The number of para-hydroxylation sites is 1. The van der Waals surface area contributed by atoms with Crippen LogP contribution in [0, 0.1) is 0 Å². The Morgan fingerprint density at radius 3 is 2.36 bits per heavy atom. The summed E-state index contributed by atoms with van der Waals surface area (Å²) in [4.78, 5) is 33.2. The van der Waals surface area contributed by atoms with Crippen LogP contribution in [0.4, 0.5) is 10.5 Å². The van der Waals surface area contributed by atoms with Gasteiger partial charge < -0.3 is 19.1 Å². The van der Waals surface area contributed by atoms with Gasteiger partial charge in [-0.3, -0.25) is 10.1 Å². The molecule has 10 heteroatoms. The number of carbonyl (C=O) groups excluding carboxylic acids is 2. The lowest BCUT2D eigenvalue weighted by atomic mass is 9.99. The number of alkyl carbamates (subject to hydrolysis) is 1. The van der Waals surface area contributed by atoms with E-state index in [1.54, 1.807) is 44.9 Å². The zero-order chi connectivity index (χ0) is 28.3. The Morgan fingerprint density at radius 1 is 1.03 bits per heavy atom. The van der Waals surface area contributed by atoms with Crippen molar-refractivity contribution in [1.29, 1.82) is 0 Å². The molecular formula is C29H29Cl2N3O5. The molecule has 1 aliphatic heterocycles. The number of carbonyl (C=O) groups is 2. The van der Waals surface area contributed by atoms with Crippen molar-refractivity contribution in [3.8, 4) is 11.5 Å². The van der Waals surface area contributed by atoms with Crippen molar-refractivity contribution >= 4 is 46.6 Å². The standard InChI is InChI=1S/C29H29Cl2N3O5/c1-29(2,3)39-28(36)33-26-27(35)34(16-17-10-12-19(37-4)13-11-17)22-9-7-6-8-20(22)25(32-26)24-21(31)14-18(30)15-23(24)38-5/h6-15,26H,16H2,1-5H3,(H,33,36). The quantitative estimate of drug-likeness (QED) is 0.379. The molecule has 204 valence electrons. The zero-order valence-corrected chi connectivity index (χ0v) is 23.8. The van der Waals surface area contributed by atoms with Gasteiger partial charge in [0, 0.05) is 10.6 Å². The molecule has 1 aliphatic rings. The maximum atomic E-state index is 14.0. The Bertz CT molecular complexity index is 1420. The van der Waals surface area contributed by atoms with Gasteiger partial charge in [-0.2, -0.15) is 0 Å². The van der Waals surface area contributed by atoms with Crippen LogP contribution in [-0.2, 0) is 16.1 Å². The largest absolute Gasteiger partial charge is 0.497 e. The van der Waals surface area contributed by atoms with Gasteiger partial charge in [-0.25, -0.2) is 9.79 Å². The third-order valence-electron chi connectivity index (χ3n) is 5.84. The van der Waals surface area contributed by atoms with E-state index >= 15 is 0 Å². The lowest BCUT2D eigenvalue weighted by molar-refractivity contribution is -0.120. The summed E-state index contributed by atoms with van der Waals surface area (Å²) in [5.74, 6) is 0.609. The Labute approximate surface area is 237 Å². The van der Waals surface area contributed by atoms with Gasteiger partial charge >= 0.3 is 6.09 Å². The number of hydrogen-bond acceptors (Lipinski definition) is 6. The Morgan fingerprint density at radius 2 is 1.72 bits per heavy atom. The number of fused-ring (bicyclic) bond motifs is 1. The maximum Gasteiger partial charge on any atom is 0.409 e. The van der Waals surface area contributed by atoms with E-state index in [1.165, 1.54) is 7.11 Å². The summed E-state index contributed by atoms with van der Waals surface area (Å²) in [5.41, 5.74) is 2.06. The number of rotatable bonds is 6. The average Bonchev–Trinajstić information content (AvgIpc) is 2.98. The summed E-state index contributed by atoms with van der Waals surface area (Å²) < 4.78 is 16.3. The third kappa shape index (κ3) is 6.46. The van der Waals surface area contributed by atoms with E-state index in [4.69, 9.17) is 42.4 Å². The van der Waals surface area contributed by atoms with Crippen LogP contribution in [-0.4, -0.2) is 43.7 Å².